The Morgan fingerprint density at radius 1 is 1.22 bits per heavy atom. The number of hydrogen-bond donors (Lipinski definition) is 1. The van der Waals surface area contributed by atoms with Gasteiger partial charge in [0.15, 0.2) is 5.82 Å². The molecule has 10 heteroatoms. The summed E-state index contributed by atoms with van der Waals surface area (Å²) in [7, 11) is 0. The first kappa shape index (κ1) is 17.1. The maximum atomic E-state index is 11.1. The molecule has 0 aromatic carbocycles. The van der Waals surface area contributed by atoms with E-state index in [2.05, 4.69) is 30.3 Å². The molecule has 0 atom stereocenters. The molecule has 1 N–H and O–H groups in total. The summed E-state index contributed by atoms with van der Waals surface area (Å²) in [6.07, 6.45) is 3.07. The van der Waals surface area contributed by atoms with Crippen LogP contribution in [0.5, 0.6) is 0 Å². The molecule has 140 valence electrons. The smallest absolute Gasteiger partial charge is 0.364 e. The summed E-state index contributed by atoms with van der Waals surface area (Å²) in [5.41, 5.74) is 1.42. The lowest BCUT2D eigenvalue weighted by atomic mass is 10.1. The van der Waals surface area contributed by atoms with Crippen molar-refractivity contribution < 1.29 is 4.92 Å². The van der Waals surface area contributed by atoms with Gasteiger partial charge in [-0.3, -0.25) is 0 Å². The number of rotatable bonds is 4. The molecule has 0 aliphatic carbocycles. The Labute approximate surface area is 155 Å². The summed E-state index contributed by atoms with van der Waals surface area (Å²) < 4.78 is 1.25. The van der Waals surface area contributed by atoms with Crippen molar-refractivity contribution in [2.45, 2.75) is 32.7 Å². The number of nitrogens with one attached hydrogen (secondary N) is 1. The molecular weight excluding hydrogens is 348 g/mol. The third-order valence-electron chi connectivity index (χ3n) is 4.65. The molecule has 10 nitrogen and oxygen atoms in total. The van der Waals surface area contributed by atoms with Gasteiger partial charge in [-0.15, -0.1) is 0 Å². The van der Waals surface area contributed by atoms with E-state index in [4.69, 9.17) is 0 Å². The van der Waals surface area contributed by atoms with E-state index in [0.29, 0.717) is 11.5 Å². The van der Waals surface area contributed by atoms with Gasteiger partial charge >= 0.3 is 5.82 Å². The lowest BCUT2D eigenvalue weighted by Crippen LogP contribution is -2.39. The minimum Gasteiger partial charge on any atom is -0.364 e. The largest absolute Gasteiger partial charge is 0.368 e. The summed E-state index contributed by atoms with van der Waals surface area (Å²) in [5, 5.41) is 18.8. The second kappa shape index (κ2) is 6.78. The average Bonchev–Trinajstić information content (AvgIpc) is 3.05. The predicted octanol–water partition coefficient (Wildman–Crippen LogP) is 2.13. The Morgan fingerprint density at radius 3 is 2.70 bits per heavy atom. The van der Waals surface area contributed by atoms with Crippen LogP contribution in [0.15, 0.2) is 24.4 Å². The second-order valence-corrected chi connectivity index (χ2v) is 6.68. The molecule has 0 bridgehead atoms. The highest BCUT2D eigenvalue weighted by Crippen LogP contribution is 2.21. The van der Waals surface area contributed by atoms with Gasteiger partial charge in [0, 0.05) is 37.0 Å². The van der Waals surface area contributed by atoms with Crippen LogP contribution in [0.25, 0.3) is 5.65 Å². The molecule has 4 heterocycles. The molecule has 3 aromatic rings. The maximum Gasteiger partial charge on any atom is 0.368 e. The summed E-state index contributed by atoms with van der Waals surface area (Å²) in [5.74, 6) is 2.21. The summed E-state index contributed by atoms with van der Waals surface area (Å²) >= 11 is 0. The molecule has 1 fully saturated rings. The van der Waals surface area contributed by atoms with Gasteiger partial charge in [0.1, 0.15) is 17.8 Å². The fourth-order valence-corrected chi connectivity index (χ4v) is 3.38. The van der Waals surface area contributed by atoms with Crippen molar-refractivity contribution in [2.75, 3.05) is 23.3 Å². The zero-order valence-electron chi connectivity index (χ0n) is 15.2. The van der Waals surface area contributed by atoms with E-state index in [-0.39, 0.29) is 11.9 Å². The predicted molar refractivity (Wildman–Crippen MR) is 100 cm³/mol. The van der Waals surface area contributed by atoms with Crippen molar-refractivity contribution in [2.24, 2.45) is 0 Å². The topological polar surface area (TPSA) is 114 Å². The number of fused-ring (bicyclic) bond motifs is 1. The number of imidazole rings is 1. The summed E-state index contributed by atoms with van der Waals surface area (Å²) in [4.78, 5) is 25.7. The van der Waals surface area contributed by atoms with Crippen LogP contribution in [0.4, 0.5) is 17.5 Å². The molecule has 4 rings (SSSR count). The van der Waals surface area contributed by atoms with Gasteiger partial charge in [-0.25, -0.2) is 15.0 Å². The normalized spacial score (nSPS) is 15.3. The fraction of sp³-hybridized carbons (Fsp3) is 0.412. The zero-order valence-corrected chi connectivity index (χ0v) is 15.2. The highest BCUT2D eigenvalue weighted by Gasteiger charge is 2.22. The molecule has 0 spiro atoms. The van der Waals surface area contributed by atoms with Crippen molar-refractivity contribution in [1.82, 2.24) is 24.6 Å². The Kier molecular flexibility index (Phi) is 4.30. The van der Waals surface area contributed by atoms with E-state index < -0.39 is 4.92 Å². The molecule has 3 aromatic heterocycles. The quantitative estimate of drug-likeness (QED) is 0.550. The lowest BCUT2D eigenvalue weighted by Gasteiger charge is -2.33. The SMILES string of the molecule is Cc1cc(N2CCC(Nc3ccc4ncc([N+](=O)[O-])n4n3)CC2)nc(C)n1. The lowest BCUT2D eigenvalue weighted by molar-refractivity contribution is -0.391. The van der Waals surface area contributed by atoms with Crippen LogP contribution in [-0.2, 0) is 0 Å². The second-order valence-electron chi connectivity index (χ2n) is 6.68. The fourth-order valence-electron chi connectivity index (χ4n) is 3.38. The van der Waals surface area contributed by atoms with Crippen LogP contribution >= 0.6 is 0 Å². The van der Waals surface area contributed by atoms with Crippen LogP contribution in [0.1, 0.15) is 24.4 Å². The van der Waals surface area contributed by atoms with Crippen LogP contribution in [0.3, 0.4) is 0 Å². The number of nitrogens with zero attached hydrogens (tertiary/aromatic N) is 7. The number of anilines is 2. The molecule has 1 saturated heterocycles. The third kappa shape index (κ3) is 3.50. The Morgan fingerprint density at radius 2 is 2.00 bits per heavy atom. The molecule has 0 radical (unpaired) electrons. The molecule has 1 aliphatic rings. The van der Waals surface area contributed by atoms with Crippen LogP contribution < -0.4 is 10.2 Å². The van der Waals surface area contributed by atoms with Crippen molar-refractivity contribution >= 4 is 23.1 Å². The van der Waals surface area contributed by atoms with E-state index in [1.165, 1.54) is 10.7 Å². The van der Waals surface area contributed by atoms with E-state index in [1.54, 1.807) is 12.1 Å². The van der Waals surface area contributed by atoms with Gasteiger partial charge in [-0.1, -0.05) is 9.61 Å². The third-order valence-corrected chi connectivity index (χ3v) is 4.65. The molecule has 27 heavy (non-hydrogen) atoms. The molecule has 0 saturated carbocycles. The highest BCUT2D eigenvalue weighted by atomic mass is 16.6. The monoisotopic (exact) mass is 368 g/mol. The summed E-state index contributed by atoms with van der Waals surface area (Å²) in [6, 6.07) is 5.78. The zero-order chi connectivity index (χ0) is 19.0. The van der Waals surface area contributed by atoms with Crippen LogP contribution in [0, 0.1) is 24.0 Å². The first-order chi connectivity index (χ1) is 13.0. The van der Waals surface area contributed by atoms with Crippen LogP contribution in [0.2, 0.25) is 0 Å². The Hall–Kier alpha value is -3.30. The Bertz CT molecular complexity index is 974. The van der Waals surface area contributed by atoms with Gasteiger partial charge in [0.2, 0.25) is 5.65 Å². The van der Waals surface area contributed by atoms with E-state index in [0.717, 1.165) is 43.3 Å². The van der Waals surface area contributed by atoms with Gasteiger partial charge in [0.25, 0.3) is 0 Å². The number of aromatic nitrogens is 5. The van der Waals surface area contributed by atoms with Gasteiger partial charge in [-0.05, 0) is 37.7 Å². The van der Waals surface area contributed by atoms with E-state index in [1.807, 2.05) is 19.9 Å². The number of hydrogen-bond acceptors (Lipinski definition) is 8. The van der Waals surface area contributed by atoms with Crippen molar-refractivity contribution in [3.05, 3.63) is 46.0 Å². The van der Waals surface area contributed by atoms with E-state index >= 15 is 0 Å². The molecule has 0 unspecified atom stereocenters. The molecule has 0 amide bonds. The number of nitro groups is 1. The minimum absolute atomic E-state index is 0.141. The minimum atomic E-state index is -0.485. The number of aryl methyl sites for hydroxylation is 2. The van der Waals surface area contributed by atoms with Gasteiger partial charge < -0.3 is 20.3 Å². The average molecular weight is 368 g/mol. The molecular formula is C17H20N8O2. The molecule has 1 aliphatic heterocycles. The highest BCUT2D eigenvalue weighted by molar-refractivity contribution is 5.48. The van der Waals surface area contributed by atoms with Crippen LogP contribution in [-0.4, -0.2) is 48.6 Å². The Balaban J connectivity index is 1.44. The first-order valence-corrected chi connectivity index (χ1v) is 8.82. The number of piperidine rings is 1. The standard InChI is InChI=1S/C17H20N8O2/c1-11-9-16(20-12(2)19-11)23-7-5-13(6-8-23)21-14-3-4-15-18-10-17(25(26)27)24(15)22-14/h3-4,9-10,13H,5-8H2,1-2H3,(H,21,22). The van der Waals surface area contributed by atoms with E-state index in [9.17, 15) is 10.1 Å². The van der Waals surface area contributed by atoms with Gasteiger partial charge in [-0.2, -0.15) is 0 Å². The van der Waals surface area contributed by atoms with Gasteiger partial charge in [0.05, 0.1) is 0 Å². The van der Waals surface area contributed by atoms with Crippen molar-refractivity contribution in [3.63, 3.8) is 0 Å². The van der Waals surface area contributed by atoms with Crippen molar-refractivity contribution in [1.29, 1.82) is 0 Å². The van der Waals surface area contributed by atoms with Crippen molar-refractivity contribution in [3.8, 4) is 0 Å². The maximum absolute atomic E-state index is 11.1. The first-order valence-electron chi connectivity index (χ1n) is 8.82. The summed E-state index contributed by atoms with van der Waals surface area (Å²) in [6.45, 7) is 5.63.